The molecule has 126 valence electrons. The monoisotopic (exact) mass is 375 g/mol. The third kappa shape index (κ3) is 4.87. The van der Waals surface area contributed by atoms with E-state index in [1.807, 2.05) is 13.8 Å². The zero-order valence-electron chi connectivity index (χ0n) is 13.0. The van der Waals surface area contributed by atoms with Crippen molar-refractivity contribution >= 4 is 38.3 Å². The van der Waals surface area contributed by atoms with Crippen LogP contribution in [0.3, 0.4) is 0 Å². The van der Waals surface area contributed by atoms with Gasteiger partial charge < -0.3 is 4.74 Å². The van der Waals surface area contributed by atoms with Gasteiger partial charge in [-0.2, -0.15) is 4.37 Å². The van der Waals surface area contributed by atoms with Crippen molar-refractivity contribution in [3.05, 3.63) is 34.6 Å². The molecule has 0 fully saturated rings. The Morgan fingerprint density at radius 2 is 2.13 bits per heavy atom. The van der Waals surface area contributed by atoms with Crippen molar-refractivity contribution in [3.8, 4) is 0 Å². The number of nitrogens with zero attached hydrogens (tertiary/aromatic N) is 2. The van der Waals surface area contributed by atoms with Crippen molar-refractivity contribution in [1.29, 1.82) is 0 Å². The van der Waals surface area contributed by atoms with Crippen LogP contribution < -0.4 is 4.72 Å². The Labute approximate surface area is 145 Å². The number of hydrogen-bond donors (Lipinski definition) is 1. The first kappa shape index (κ1) is 18.1. The topological polar surface area (TPSA) is 81.2 Å². The fourth-order valence-electron chi connectivity index (χ4n) is 1.83. The Bertz CT molecular complexity index is 775. The first-order valence-electron chi connectivity index (χ1n) is 7.01. The quantitative estimate of drug-likeness (QED) is 0.803. The Kier molecular flexibility index (Phi) is 5.96. The van der Waals surface area contributed by atoms with Gasteiger partial charge in [-0.1, -0.05) is 17.7 Å². The maximum Gasteiger partial charge on any atom is 0.264 e. The van der Waals surface area contributed by atoms with Gasteiger partial charge in [0.05, 0.1) is 17.6 Å². The molecule has 0 aliphatic heterocycles. The van der Waals surface area contributed by atoms with Crippen LogP contribution in [0.4, 0.5) is 5.13 Å². The van der Waals surface area contributed by atoms with Crippen LogP contribution in [0, 0.1) is 6.92 Å². The van der Waals surface area contributed by atoms with Gasteiger partial charge in [-0.15, -0.1) is 0 Å². The smallest absolute Gasteiger partial charge is 0.264 e. The minimum absolute atomic E-state index is 0.130. The zero-order chi connectivity index (χ0) is 17.0. The van der Waals surface area contributed by atoms with E-state index in [0.717, 1.165) is 11.5 Å². The third-order valence-corrected chi connectivity index (χ3v) is 5.66. The third-order valence-electron chi connectivity index (χ3n) is 2.97. The molecule has 1 aromatic heterocycles. The van der Waals surface area contributed by atoms with E-state index in [1.165, 1.54) is 6.07 Å². The standard InChI is InChI=1S/C14H18ClN3O3S2/c1-9(2)21-8-7-13-16-14(22-17-13)18-23(19,20)12-6-4-5-11(15)10(12)3/h4-6,9H,7-8H2,1-3H3,(H,16,17,18). The van der Waals surface area contributed by atoms with E-state index >= 15 is 0 Å². The number of aromatic nitrogens is 2. The lowest BCUT2D eigenvalue weighted by molar-refractivity contribution is 0.0805. The molecule has 2 aromatic rings. The second kappa shape index (κ2) is 7.57. The highest BCUT2D eigenvalue weighted by atomic mass is 35.5. The number of ether oxygens (including phenoxy) is 1. The van der Waals surface area contributed by atoms with E-state index in [-0.39, 0.29) is 16.1 Å². The molecule has 0 aliphatic carbocycles. The number of rotatable bonds is 7. The molecule has 9 heteroatoms. The van der Waals surface area contributed by atoms with E-state index in [4.69, 9.17) is 16.3 Å². The summed E-state index contributed by atoms with van der Waals surface area (Å²) in [6.07, 6.45) is 0.671. The first-order valence-corrected chi connectivity index (χ1v) is 9.65. The molecule has 1 N–H and O–H groups in total. The van der Waals surface area contributed by atoms with Gasteiger partial charge in [-0.3, -0.25) is 4.72 Å². The molecule has 1 aromatic carbocycles. The molecule has 0 bridgehead atoms. The molecule has 6 nitrogen and oxygen atoms in total. The van der Waals surface area contributed by atoms with Crippen molar-refractivity contribution in [1.82, 2.24) is 9.36 Å². The minimum Gasteiger partial charge on any atom is -0.378 e. The summed E-state index contributed by atoms with van der Waals surface area (Å²) in [5.74, 6) is 0.552. The van der Waals surface area contributed by atoms with Crippen molar-refractivity contribution < 1.29 is 13.2 Å². The van der Waals surface area contributed by atoms with Crippen LogP contribution in [-0.2, 0) is 21.2 Å². The van der Waals surface area contributed by atoms with Gasteiger partial charge in [-0.25, -0.2) is 13.4 Å². The average molecular weight is 376 g/mol. The lowest BCUT2D eigenvalue weighted by Gasteiger charge is -2.08. The lowest BCUT2D eigenvalue weighted by Crippen LogP contribution is -2.14. The summed E-state index contributed by atoms with van der Waals surface area (Å²) in [6, 6.07) is 4.74. The normalized spacial score (nSPS) is 11.9. The predicted octanol–water partition coefficient (Wildman–Crippen LogP) is 3.27. The SMILES string of the molecule is Cc1c(Cl)cccc1S(=O)(=O)Nc1nc(CCOC(C)C)ns1. The summed E-state index contributed by atoms with van der Waals surface area (Å²) in [6.45, 7) is 6.04. The van der Waals surface area contributed by atoms with E-state index in [0.29, 0.717) is 29.4 Å². The predicted molar refractivity (Wildman–Crippen MR) is 91.7 cm³/mol. The summed E-state index contributed by atoms with van der Waals surface area (Å²) in [5.41, 5.74) is 0.497. The van der Waals surface area contributed by atoms with Crippen LogP contribution in [0.1, 0.15) is 25.2 Å². The maximum atomic E-state index is 12.4. The van der Waals surface area contributed by atoms with Crippen molar-refractivity contribution in [2.24, 2.45) is 0 Å². The summed E-state index contributed by atoms with van der Waals surface area (Å²) in [5, 5.41) is 0.626. The molecule has 0 atom stereocenters. The van der Waals surface area contributed by atoms with Crippen LogP contribution >= 0.6 is 23.1 Å². The number of sulfonamides is 1. The van der Waals surface area contributed by atoms with Crippen LogP contribution in [0.25, 0.3) is 0 Å². The van der Waals surface area contributed by atoms with Gasteiger partial charge in [0.25, 0.3) is 10.0 Å². The van der Waals surface area contributed by atoms with Gasteiger partial charge in [0.1, 0.15) is 5.82 Å². The van der Waals surface area contributed by atoms with Gasteiger partial charge in [0.15, 0.2) is 0 Å². The lowest BCUT2D eigenvalue weighted by atomic mass is 10.2. The van der Waals surface area contributed by atoms with Gasteiger partial charge in [-0.05, 0) is 38.5 Å². The molecule has 0 aliphatic rings. The van der Waals surface area contributed by atoms with Crippen LogP contribution in [0.5, 0.6) is 0 Å². The Hall–Kier alpha value is -1.22. The van der Waals surface area contributed by atoms with Crippen LogP contribution in [0.2, 0.25) is 5.02 Å². The number of halogens is 1. The number of anilines is 1. The molecule has 0 saturated heterocycles. The Morgan fingerprint density at radius 3 is 2.83 bits per heavy atom. The fourth-order valence-corrected chi connectivity index (χ4v) is 4.17. The molecular weight excluding hydrogens is 358 g/mol. The average Bonchev–Trinajstić information content (AvgIpc) is 2.88. The van der Waals surface area contributed by atoms with Crippen LogP contribution in [0.15, 0.2) is 23.1 Å². The van der Waals surface area contributed by atoms with Crippen molar-refractivity contribution in [2.75, 3.05) is 11.3 Å². The van der Waals surface area contributed by atoms with Gasteiger partial charge in [0, 0.05) is 23.0 Å². The van der Waals surface area contributed by atoms with E-state index in [1.54, 1.807) is 19.1 Å². The Morgan fingerprint density at radius 1 is 1.39 bits per heavy atom. The molecule has 0 unspecified atom stereocenters. The molecule has 0 spiro atoms. The second-order valence-electron chi connectivity index (χ2n) is 5.15. The van der Waals surface area contributed by atoms with E-state index < -0.39 is 10.0 Å². The van der Waals surface area contributed by atoms with Gasteiger partial charge >= 0.3 is 0 Å². The molecule has 0 saturated carbocycles. The number of benzene rings is 1. The minimum atomic E-state index is -3.74. The van der Waals surface area contributed by atoms with Gasteiger partial charge in [0.2, 0.25) is 5.13 Å². The molecule has 23 heavy (non-hydrogen) atoms. The Balaban J connectivity index is 2.09. The summed E-state index contributed by atoms with van der Waals surface area (Å²) >= 11 is 6.98. The van der Waals surface area contributed by atoms with Crippen molar-refractivity contribution in [2.45, 2.75) is 38.2 Å². The fraction of sp³-hybridized carbons (Fsp3) is 0.429. The summed E-state index contributed by atoms with van der Waals surface area (Å²) in [7, 11) is -3.74. The molecule has 2 rings (SSSR count). The van der Waals surface area contributed by atoms with Crippen LogP contribution in [-0.4, -0.2) is 30.5 Å². The molecule has 0 radical (unpaired) electrons. The highest BCUT2D eigenvalue weighted by molar-refractivity contribution is 7.93. The molecular formula is C14H18ClN3O3S2. The second-order valence-corrected chi connectivity index (χ2v) is 7.96. The highest BCUT2D eigenvalue weighted by Crippen LogP contribution is 2.25. The van der Waals surface area contributed by atoms with Crippen molar-refractivity contribution in [3.63, 3.8) is 0 Å². The highest BCUT2D eigenvalue weighted by Gasteiger charge is 2.20. The summed E-state index contributed by atoms with van der Waals surface area (Å²) < 4.78 is 36.9. The zero-order valence-corrected chi connectivity index (χ0v) is 15.4. The van der Waals surface area contributed by atoms with E-state index in [9.17, 15) is 8.42 Å². The molecule has 1 heterocycles. The number of nitrogens with one attached hydrogen (secondary N) is 1. The largest absolute Gasteiger partial charge is 0.378 e. The number of hydrogen-bond acceptors (Lipinski definition) is 6. The van der Waals surface area contributed by atoms with E-state index in [2.05, 4.69) is 14.1 Å². The first-order chi connectivity index (χ1) is 10.8. The molecule has 0 amide bonds. The maximum absolute atomic E-state index is 12.4. The summed E-state index contributed by atoms with van der Waals surface area (Å²) in [4.78, 5) is 4.30.